The van der Waals surface area contributed by atoms with Gasteiger partial charge >= 0.3 is 0 Å². The highest BCUT2D eigenvalue weighted by Crippen LogP contribution is 2.31. The first-order valence-electron chi connectivity index (χ1n) is 10.5. The summed E-state index contributed by atoms with van der Waals surface area (Å²) in [6.07, 6.45) is 3.11. The van der Waals surface area contributed by atoms with E-state index in [-0.39, 0.29) is 11.6 Å². The van der Waals surface area contributed by atoms with E-state index in [1.165, 1.54) is 12.1 Å². The van der Waals surface area contributed by atoms with Crippen molar-refractivity contribution in [2.24, 2.45) is 0 Å². The summed E-state index contributed by atoms with van der Waals surface area (Å²) in [6.45, 7) is 0.329. The minimum Gasteiger partial charge on any atom is -0.507 e. The van der Waals surface area contributed by atoms with Crippen LogP contribution < -0.4 is 10.6 Å². The van der Waals surface area contributed by atoms with Gasteiger partial charge in [-0.05, 0) is 53.6 Å². The molecule has 0 atom stereocenters. The number of carbonyl (C=O) groups excluding carboxylic acids is 2. The highest BCUT2D eigenvalue weighted by atomic mass is 19.1. The molecule has 2 amide bonds. The molecule has 2 heterocycles. The number of furan rings is 1. The predicted molar refractivity (Wildman–Crippen MR) is 125 cm³/mol. The van der Waals surface area contributed by atoms with Gasteiger partial charge in [0.25, 0.3) is 11.8 Å². The van der Waals surface area contributed by atoms with E-state index in [4.69, 9.17) is 4.42 Å². The van der Waals surface area contributed by atoms with Crippen molar-refractivity contribution in [3.63, 3.8) is 0 Å². The van der Waals surface area contributed by atoms with E-state index in [0.717, 1.165) is 11.1 Å². The number of phenolic OH excluding ortho intramolecular Hbond substituents is 1. The lowest BCUT2D eigenvalue weighted by Gasteiger charge is -2.19. The van der Waals surface area contributed by atoms with Crippen LogP contribution in [0.5, 0.6) is 5.75 Å². The minimum atomic E-state index is -0.504. The van der Waals surface area contributed by atoms with Crippen LogP contribution in [0, 0.1) is 5.82 Å². The maximum Gasteiger partial charge on any atom is 0.260 e. The molecule has 0 unspecified atom stereocenters. The highest BCUT2D eigenvalue weighted by Gasteiger charge is 2.27. The lowest BCUT2D eigenvalue weighted by atomic mass is 9.93. The molecule has 6 nitrogen and oxygen atoms in total. The smallest absolute Gasteiger partial charge is 0.260 e. The van der Waals surface area contributed by atoms with Crippen molar-refractivity contribution < 1.29 is 23.5 Å². The van der Waals surface area contributed by atoms with Gasteiger partial charge in [0.15, 0.2) is 0 Å². The molecule has 0 bridgehead atoms. The van der Waals surface area contributed by atoms with Crippen LogP contribution in [-0.4, -0.2) is 16.9 Å². The number of benzene rings is 3. The van der Waals surface area contributed by atoms with Crippen molar-refractivity contribution in [2.45, 2.75) is 6.54 Å². The normalized spacial score (nSPS) is 14.1. The van der Waals surface area contributed by atoms with Gasteiger partial charge in [0.05, 0.1) is 11.8 Å². The summed E-state index contributed by atoms with van der Waals surface area (Å²) in [5.41, 5.74) is 4.03. The summed E-state index contributed by atoms with van der Waals surface area (Å²) in [5, 5.41) is 15.9. The Morgan fingerprint density at radius 1 is 0.882 bits per heavy atom. The Bertz CT molecular complexity index is 1420. The fraction of sp³-hybridized carbons (Fsp3) is 0.0370. The van der Waals surface area contributed by atoms with Gasteiger partial charge in [-0.3, -0.25) is 14.9 Å². The summed E-state index contributed by atoms with van der Waals surface area (Å²) in [5.74, 6) is -0.609. The monoisotopic (exact) mass is 454 g/mol. The van der Waals surface area contributed by atoms with E-state index in [1.54, 1.807) is 67.1 Å². The van der Waals surface area contributed by atoms with Crippen molar-refractivity contribution in [2.75, 3.05) is 0 Å². The zero-order valence-corrected chi connectivity index (χ0v) is 17.8. The maximum atomic E-state index is 13.2. The highest BCUT2D eigenvalue weighted by molar-refractivity contribution is 6.31. The van der Waals surface area contributed by atoms with Gasteiger partial charge in [-0.2, -0.15) is 0 Å². The van der Waals surface area contributed by atoms with Crippen LogP contribution in [0.15, 0.2) is 89.7 Å². The standard InChI is InChI=1S/C27H19FN2O4/c28-19-7-4-17(5-8-19)20-9-3-16(12-24(20)31)14-29-15-23-22-13-18(25-2-1-11-34-25)6-10-21(22)26(32)30-27(23)33/h1-13,15,29,31H,14H2,(H,30,32,33). The Hall–Kier alpha value is -4.65. The van der Waals surface area contributed by atoms with Gasteiger partial charge in [-0.25, -0.2) is 4.39 Å². The molecule has 34 heavy (non-hydrogen) atoms. The second-order valence-electron chi connectivity index (χ2n) is 7.82. The molecule has 0 fully saturated rings. The number of imide groups is 1. The molecular weight excluding hydrogens is 435 g/mol. The third-order valence-corrected chi connectivity index (χ3v) is 5.60. The molecule has 7 heteroatoms. The summed E-state index contributed by atoms with van der Waals surface area (Å²) in [4.78, 5) is 24.8. The average molecular weight is 454 g/mol. The molecule has 3 N–H and O–H groups in total. The Balaban J connectivity index is 1.38. The second kappa shape index (κ2) is 8.71. The number of rotatable bonds is 5. The Morgan fingerprint density at radius 2 is 1.65 bits per heavy atom. The van der Waals surface area contributed by atoms with Gasteiger partial charge in [-0.15, -0.1) is 0 Å². The fourth-order valence-electron chi connectivity index (χ4n) is 3.90. The second-order valence-corrected chi connectivity index (χ2v) is 7.82. The summed E-state index contributed by atoms with van der Waals surface area (Å²) >= 11 is 0. The predicted octanol–water partition coefficient (Wildman–Crippen LogP) is 4.86. The first-order chi connectivity index (χ1) is 16.5. The quantitative estimate of drug-likeness (QED) is 0.296. The van der Waals surface area contributed by atoms with Crippen molar-refractivity contribution >= 4 is 17.4 Å². The molecule has 0 saturated carbocycles. The molecule has 0 radical (unpaired) electrons. The van der Waals surface area contributed by atoms with E-state index >= 15 is 0 Å². The van der Waals surface area contributed by atoms with Gasteiger partial charge in [-0.1, -0.05) is 30.3 Å². The third-order valence-electron chi connectivity index (χ3n) is 5.60. The third kappa shape index (κ3) is 4.06. The number of carbonyl (C=O) groups is 2. The molecule has 4 aromatic rings. The number of phenols is 1. The molecule has 1 aliphatic rings. The maximum absolute atomic E-state index is 13.2. The van der Waals surface area contributed by atoms with Gasteiger partial charge in [0.1, 0.15) is 17.3 Å². The minimum absolute atomic E-state index is 0.0630. The molecule has 5 rings (SSSR count). The number of hydrogen-bond donors (Lipinski definition) is 3. The van der Waals surface area contributed by atoms with Crippen LogP contribution in [0.4, 0.5) is 4.39 Å². The Morgan fingerprint density at radius 3 is 2.38 bits per heavy atom. The van der Waals surface area contributed by atoms with Gasteiger partial charge < -0.3 is 14.8 Å². The zero-order valence-electron chi connectivity index (χ0n) is 17.8. The number of aromatic hydroxyl groups is 1. The first kappa shape index (κ1) is 21.2. The lowest BCUT2D eigenvalue weighted by molar-refractivity contribution is -0.114. The largest absolute Gasteiger partial charge is 0.507 e. The molecule has 1 aliphatic heterocycles. The van der Waals surface area contributed by atoms with E-state index in [9.17, 15) is 19.1 Å². The lowest BCUT2D eigenvalue weighted by Crippen LogP contribution is -2.37. The van der Waals surface area contributed by atoms with E-state index < -0.39 is 11.8 Å². The molecule has 3 aromatic carbocycles. The van der Waals surface area contributed by atoms with Crippen molar-refractivity contribution in [1.82, 2.24) is 10.6 Å². The molecule has 0 spiro atoms. The molecule has 0 aliphatic carbocycles. The van der Waals surface area contributed by atoms with E-state index in [2.05, 4.69) is 10.6 Å². The van der Waals surface area contributed by atoms with E-state index in [0.29, 0.717) is 40.1 Å². The zero-order chi connectivity index (χ0) is 23.7. The number of nitrogens with one attached hydrogen (secondary N) is 2. The van der Waals surface area contributed by atoms with Crippen LogP contribution >= 0.6 is 0 Å². The number of hydrogen-bond acceptors (Lipinski definition) is 5. The number of fused-ring (bicyclic) bond motifs is 1. The molecular formula is C27H19FN2O4. The first-order valence-corrected chi connectivity index (χ1v) is 10.5. The van der Waals surface area contributed by atoms with Gasteiger partial charge in [0, 0.05) is 35.0 Å². The van der Waals surface area contributed by atoms with E-state index in [1.807, 2.05) is 6.07 Å². The van der Waals surface area contributed by atoms with Crippen LogP contribution in [-0.2, 0) is 11.3 Å². The van der Waals surface area contributed by atoms with Crippen LogP contribution in [0.1, 0.15) is 21.5 Å². The van der Waals surface area contributed by atoms with Crippen molar-refractivity contribution in [3.05, 3.63) is 108 Å². The SMILES string of the molecule is O=C1NC(=O)c2ccc(-c3ccco3)cc2C1=CNCc1ccc(-c2ccc(F)cc2)c(O)c1. The topological polar surface area (TPSA) is 91.6 Å². The summed E-state index contributed by atoms with van der Waals surface area (Å²) < 4.78 is 18.6. The van der Waals surface area contributed by atoms with Crippen molar-refractivity contribution in [1.29, 1.82) is 0 Å². The number of halogens is 1. The van der Waals surface area contributed by atoms with Gasteiger partial charge in [0.2, 0.25) is 0 Å². The Kier molecular flexibility index (Phi) is 5.43. The van der Waals surface area contributed by atoms with Crippen molar-refractivity contribution in [3.8, 4) is 28.2 Å². The summed E-state index contributed by atoms with van der Waals surface area (Å²) in [6, 6.07) is 19.8. The van der Waals surface area contributed by atoms with Crippen LogP contribution in [0.2, 0.25) is 0 Å². The molecule has 168 valence electrons. The van der Waals surface area contributed by atoms with Crippen LogP contribution in [0.25, 0.3) is 28.0 Å². The molecule has 0 saturated heterocycles. The molecule has 1 aromatic heterocycles. The van der Waals surface area contributed by atoms with Crippen LogP contribution in [0.3, 0.4) is 0 Å². The summed E-state index contributed by atoms with van der Waals surface area (Å²) in [7, 11) is 0. The Labute approximate surface area is 194 Å². The number of amides is 2. The fourth-order valence-corrected chi connectivity index (χ4v) is 3.90. The average Bonchev–Trinajstić information content (AvgIpc) is 3.37.